The molecule has 0 bridgehead atoms. The van der Waals surface area contributed by atoms with E-state index in [1.807, 2.05) is 0 Å². The minimum Gasteiger partial charge on any atom is -0.430 e. The number of ether oxygens (including phenoxy) is 2. The number of carbonyl (C=O) groups is 1. The first-order valence-corrected chi connectivity index (χ1v) is 13.3. The van der Waals surface area contributed by atoms with Gasteiger partial charge in [-0.25, -0.2) is 4.79 Å². The number of nitrogens with zero attached hydrogens (tertiary/aromatic N) is 1. The standard InChI is InChI=1S/C27H46NO4/c1-6-28(7-2,8-3)18-31-25(30)32-24-12-11-22-21-10-9-19-17-20(29)13-15-26(19,4)23(21)14-16-27(22,24)5/h9,20-24,29H,6-8,10-18H2,1-5H3/q+1/t20?,21-,22-,23-,24-,26-,27-/m0/s1. The summed E-state index contributed by atoms with van der Waals surface area (Å²) in [5, 5.41) is 10.2. The first-order valence-electron chi connectivity index (χ1n) is 13.3. The summed E-state index contributed by atoms with van der Waals surface area (Å²) in [7, 11) is 0. The van der Waals surface area contributed by atoms with Crippen molar-refractivity contribution in [3.8, 4) is 0 Å². The molecule has 5 nitrogen and oxygen atoms in total. The Labute approximate surface area is 195 Å². The molecule has 4 aliphatic carbocycles. The fourth-order valence-electron chi connectivity index (χ4n) is 8.07. The van der Waals surface area contributed by atoms with Crippen LogP contribution in [0.5, 0.6) is 0 Å². The van der Waals surface area contributed by atoms with E-state index >= 15 is 0 Å². The van der Waals surface area contributed by atoms with Crippen molar-refractivity contribution in [2.24, 2.45) is 28.6 Å². The van der Waals surface area contributed by atoms with Gasteiger partial charge in [-0.2, -0.15) is 0 Å². The molecule has 5 heteroatoms. The average Bonchev–Trinajstić information content (AvgIpc) is 3.12. The van der Waals surface area contributed by atoms with Crippen LogP contribution in [-0.2, 0) is 9.47 Å². The van der Waals surface area contributed by atoms with Crippen LogP contribution < -0.4 is 0 Å². The second-order valence-corrected chi connectivity index (χ2v) is 11.7. The zero-order chi connectivity index (χ0) is 23.1. The number of aliphatic hydroxyl groups excluding tert-OH is 1. The van der Waals surface area contributed by atoms with Gasteiger partial charge in [0, 0.05) is 5.41 Å². The van der Waals surface area contributed by atoms with Crippen LogP contribution in [0, 0.1) is 28.6 Å². The van der Waals surface area contributed by atoms with Crippen LogP contribution in [0.1, 0.15) is 86.0 Å². The minimum absolute atomic E-state index is 0.0286. The number of rotatable bonds is 6. The average molecular weight is 449 g/mol. The van der Waals surface area contributed by atoms with Crippen molar-refractivity contribution in [3.63, 3.8) is 0 Å². The van der Waals surface area contributed by atoms with Gasteiger partial charge >= 0.3 is 6.16 Å². The number of aliphatic hydroxyl groups is 1. The molecule has 0 aliphatic heterocycles. The van der Waals surface area contributed by atoms with Crippen molar-refractivity contribution < 1.29 is 23.9 Å². The summed E-state index contributed by atoms with van der Waals surface area (Å²) in [5.74, 6) is 1.99. The van der Waals surface area contributed by atoms with Crippen LogP contribution in [-0.4, -0.2) is 54.3 Å². The SMILES string of the molecule is CC[N+](CC)(CC)COC(=O)O[C@H]1CC[C@H]2[C@@H]3CC=C4CC(O)CC[C@]4(C)[C@H]3CC[C@]12C. The lowest BCUT2D eigenvalue weighted by atomic mass is 9.48. The maximum atomic E-state index is 12.7. The molecule has 7 atom stereocenters. The summed E-state index contributed by atoms with van der Waals surface area (Å²) in [5.41, 5.74) is 1.82. The molecule has 0 aromatic heterocycles. The number of quaternary nitrogens is 1. The lowest BCUT2D eigenvalue weighted by molar-refractivity contribution is -0.939. The van der Waals surface area contributed by atoms with Crippen molar-refractivity contribution >= 4 is 6.16 Å². The highest BCUT2D eigenvalue weighted by molar-refractivity contribution is 5.60. The van der Waals surface area contributed by atoms with Crippen LogP contribution >= 0.6 is 0 Å². The molecule has 0 spiro atoms. The Bertz CT molecular complexity index is 723. The van der Waals surface area contributed by atoms with E-state index in [1.54, 1.807) is 0 Å². The van der Waals surface area contributed by atoms with Crippen molar-refractivity contribution in [1.82, 2.24) is 0 Å². The molecule has 4 aliphatic rings. The zero-order valence-corrected chi connectivity index (χ0v) is 21.1. The van der Waals surface area contributed by atoms with Crippen molar-refractivity contribution in [3.05, 3.63) is 11.6 Å². The normalized spacial score (nSPS) is 41.2. The van der Waals surface area contributed by atoms with E-state index in [9.17, 15) is 9.90 Å². The second kappa shape index (κ2) is 8.94. The Hall–Kier alpha value is -1.07. The Morgan fingerprint density at radius 3 is 2.47 bits per heavy atom. The van der Waals surface area contributed by atoms with Crippen molar-refractivity contribution in [1.29, 1.82) is 0 Å². The molecular formula is C27H46NO4+. The summed E-state index contributed by atoms with van der Waals surface area (Å²) in [6.07, 6.45) is 10.3. The monoisotopic (exact) mass is 448 g/mol. The molecule has 4 rings (SSSR count). The summed E-state index contributed by atoms with van der Waals surface area (Å²) in [4.78, 5) is 12.7. The van der Waals surface area contributed by atoms with Crippen LogP contribution in [0.2, 0.25) is 0 Å². The van der Waals surface area contributed by atoms with Gasteiger partial charge in [-0.3, -0.25) is 4.48 Å². The van der Waals surface area contributed by atoms with E-state index in [0.29, 0.717) is 24.5 Å². The van der Waals surface area contributed by atoms with E-state index < -0.39 is 6.16 Å². The van der Waals surface area contributed by atoms with E-state index in [2.05, 4.69) is 40.7 Å². The predicted octanol–water partition coefficient (Wildman–Crippen LogP) is 5.67. The van der Waals surface area contributed by atoms with Crippen LogP contribution in [0.25, 0.3) is 0 Å². The van der Waals surface area contributed by atoms with Gasteiger partial charge in [-0.15, -0.1) is 0 Å². The molecule has 0 aromatic carbocycles. The molecule has 3 saturated carbocycles. The summed E-state index contributed by atoms with van der Waals surface area (Å²) in [6, 6.07) is 0. The van der Waals surface area contributed by atoms with Gasteiger partial charge < -0.3 is 14.6 Å². The molecule has 0 aromatic rings. The van der Waals surface area contributed by atoms with Gasteiger partial charge in [0.15, 0.2) is 0 Å². The third-order valence-corrected chi connectivity index (χ3v) is 10.7. The number of allylic oxidation sites excluding steroid dienone is 1. The lowest BCUT2D eigenvalue weighted by Gasteiger charge is -2.57. The fraction of sp³-hybridized carbons (Fsp3) is 0.889. The number of carbonyl (C=O) groups excluding carboxylic acids is 1. The molecule has 0 saturated heterocycles. The van der Waals surface area contributed by atoms with Gasteiger partial charge in [0.2, 0.25) is 6.73 Å². The zero-order valence-electron chi connectivity index (χ0n) is 21.1. The lowest BCUT2D eigenvalue weighted by Crippen LogP contribution is -2.52. The molecule has 0 radical (unpaired) electrons. The predicted molar refractivity (Wildman–Crippen MR) is 126 cm³/mol. The van der Waals surface area contributed by atoms with Gasteiger partial charge in [0.1, 0.15) is 6.10 Å². The molecule has 0 heterocycles. The molecule has 182 valence electrons. The minimum atomic E-state index is -0.476. The second-order valence-electron chi connectivity index (χ2n) is 11.7. The summed E-state index contributed by atoms with van der Waals surface area (Å²) >= 11 is 0. The smallest absolute Gasteiger partial charge is 0.430 e. The third kappa shape index (κ3) is 3.91. The van der Waals surface area contributed by atoms with Crippen LogP contribution in [0.4, 0.5) is 4.79 Å². The van der Waals surface area contributed by atoms with E-state index in [1.165, 1.54) is 12.0 Å². The van der Waals surface area contributed by atoms with Gasteiger partial charge in [-0.05, 0) is 95.3 Å². The maximum absolute atomic E-state index is 12.7. The topological polar surface area (TPSA) is 55.8 Å². The molecular weight excluding hydrogens is 402 g/mol. The molecule has 3 fully saturated rings. The highest BCUT2D eigenvalue weighted by Crippen LogP contribution is 2.65. The molecule has 0 amide bonds. The van der Waals surface area contributed by atoms with Gasteiger partial charge in [0.25, 0.3) is 0 Å². The third-order valence-electron chi connectivity index (χ3n) is 10.7. The molecule has 1 N–H and O–H groups in total. The quantitative estimate of drug-likeness (QED) is 0.246. The van der Waals surface area contributed by atoms with Crippen LogP contribution in [0.3, 0.4) is 0 Å². The Morgan fingerprint density at radius 2 is 1.78 bits per heavy atom. The highest BCUT2D eigenvalue weighted by Gasteiger charge is 2.59. The number of hydrogen-bond donors (Lipinski definition) is 1. The molecule has 1 unspecified atom stereocenters. The Morgan fingerprint density at radius 1 is 1.06 bits per heavy atom. The van der Waals surface area contributed by atoms with E-state index in [-0.39, 0.29) is 23.0 Å². The largest absolute Gasteiger partial charge is 0.512 e. The van der Waals surface area contributed by atoms with Crippen molar-refractivity contribution in [2.75, 3.05) is 26.4 Å². The number of hydrogen-bond acceptors (Lipinski definition) is 4. The fourth-order valence-corrected chi connectivity index (χ4v) is 8.07. The van der Waals surface area contributed by atoms with Crippen LogP contribution in [0.15, 0.2) is 11.6 Å². The number of fused-ring (bicyclic) bond motifs is 5. The van der Waals surface area contributed by atoms with Crippen molar-refractivity contribution in [2.45, 2.75) is 98.2 Å². The summed E-state index contributed by atoms with van der Waals surface area (Å²) in [6.45, 7) is 14.6. The summed E-state index contributed by atoms with van der Waals surface area (Å²) < 4.78 is 12.4. The Kier molecular flexibility index (Phi) is 6.72. The first-order chi connectivity index (χ1) is 15.2. The maximum Gasteiger partial charge on any atom is 0.512 e. The van der Waals surface area contributed by atoms with Gasteiger partial charge in [-0.1, -0.05) is 25.5 Å². The molecule has 32 heavy (non-hydrogen) atoms. The van der Waals surface area contributed by atoms with E-state index in [4.69, 9.17) is 9.47 Å². The van der Waals surface area contributed by atoms with Gasteiger partial charge in [0.05, 0.1) is 25.7 Å². The Balaban J connectivity index is 1.42. The highest BCUT2D eigenvalue weighted by atomic mass is 16.7. The first kappa shape index (κ1) is 24.1. The van der Waals surface area contributed by atoms with E-state index in [0.717, 1.165) is 69.1 Å².